The molecule has 2 heterocycles. The number of aromatic hydroxyl groups is 1. The summed E-state index contributed by atoms with van der Waals surface area (Å²) < 4.78 is 18.8. The number of hydrogen-bond donors (Lipinski definition) is 4. The highest BCUT2D eigenvalue weighted by atomic mass is 19.1. The minimum absolute atomic E-state index is 0.00522. The number of amides is 2. The summed E-state index contributed by atoms with van der Waals surface area (Å²) in [5.74, 6) is -1.97. The summed E-state index contributed by atoms with van der Waals surface area (Å²) in [5, 5.41) is 28.7. The van der Waals surface area contributed by atoms with Crippen LogP contribution in [0.25, 0.3) is 22.4 Å². The van der Waals surface area contributed by atoms with Gasteiger partial charge in [0.25, 0.3) is 5.91 Å². The van der Waals surface area contributed by atoms with Crippen LogP contribution in [0.1, 0.15) is 23.0 Å². The molecule has 0 aliphatic carbocycles. The molecule has 1 atom stereocenters. The fourth-order valence-electron chi connectivity index (χ4n) is 3.56. The standard InChI is InChI=1S/C27H22FN5O4/c1-15(30-2)26(35)31-18-6-3-5-16(11-18)20-13-22(19-9-8-17(28)12-23(19)34)32-25(21(20)14-29)33-27(36)24-7-4-10-37-24/h3-13,15,30,34H,1-2H3,(H,31,35)(H,32,33,36). The van der Waals surface area contributed by atoms with E-state index in [9.17, 15) is 24.3 Å². The molecule has 2 aromatic heterocycles. The van der Waals surface area contributed by atoms with Crippen molar-refractivity contribution in [1.82, 2.24) is 10.3 Å². The Hall–Kier alpha value is -5.01. The Morgan fingerprint density at radius 2 is 1.89 bits per heavy atom. The Morgan fingerprint density at radius 3 is 2.57 bits per heavy atom. The lowest BCUT2D eigenvalue weighted by Crippen LogP contribution is -2.35. The van der Waals surface area contributed by atoms with Gasteiger partial charge in [0.05, 0.1) is 18.0 Å². The summed E-state index contributed by atoms with van der Waals surface area (Å²) >= 11 is 0. The Labute approximate surface area is 211 Å². The first-order valence-corrected chi connectivity index (χ1v) is 11.2. The molecular weight excluding hydrogens is 477 g/mol. The maximum absolute atomic E-state index is 13.6. The van der Waals surface area contributed by atoms with Crippen molar-refractivity contribution in [3.63, 3.8) is 0 Å². The molecule has 0 saturated carbocycles. The Bertz CT molecular complexity index is 1510. The third kappa shape index (κ3) is 5.47. The van der Waals surface area contributed by atoms with Crippen LogP contribution in [0.4, 0.5) is 15.9 Å². The molecule has 9 nitrogen and oxygen atoms in total. The molecule has 0 aliphatic heterocycles. The quantitative estimate of drug-likeness (QED) is 0.293. The number of hydrogen-bond acceptors (Lipinski definition) is 7. The first kappa shape index (κ1) is 25.1. The predicted octanol–water partition coefficient (Wildman–Crippen LogP) is 4.52. The number of furan rings is 1. The number of carbonyl (C=O) groups excluding carboxylic acids is 2. The molecule has 0 bridgehead atoms. The molecule has 2 aromatic carbocycles. The van der Waals surface area contributed by atoms with Crippen LogP contribution in [0.2, 0.25) is 0 Å². The van der Waals surface area contributed by atoms with Gasteiger partial charge in [-0.1, -0.05) is 12.1 Å². The van der Waals surface area contributed by atoms with Crippen molar-refractivity contribution in [3.8, 4) is 34.2 Å². The summed E-state index contributed by atoms with van der Waals surface area (Å²) in [6, 6.07) is 16.4. The van der Waals surface area contributed by atoms with Crippen LogP contribution in [-0.4, -0.2) is 35.0 Å². The number of halogens is 1. The number of phenols is 1. The molecule has 0 fully saturated rings. The van der Waals surface area contributed by atoms with Gasteiger partial charge >= 0.3 is 0 Å². The number of rotatable bonds is 7. The van der Waals surface area contributed by atoms with E-state index >= 15 is 0 Å². The molecule has 0 spiro atoms. The second-order valence-corrected chi connectivity index (χ2v) is 8.06. The lowest BCUT2D eigenvalue weighted by atomic mass is 9.97. The number of nitrogens with one attached hydrogen (secondary N) is 3. The molecule has 4 rings (SSSR count). The van der Waals surface area contributed by atoms with Crippen LogP contribution < -0.4 is 16.0 Å². The second kappa shape index (κ2) is 10.7. The first-order chi connectivity index (χ1) is 17.8. The van der Waals surface area contributed by atoms with Crippen molar-refractivity contribution in [2.45, 2.75) is 13.0 Å². The molecule has 37 heavy (non-hydrogen) atoms. The lowest BCUT2D eigenvalue weighted by molar-refractivity contribution is -0.117. The number of likely N-dealkylation sites (N-methyl/N-ethyl adjacent to an activating group) is 1. The predicted molar refractivity (Wildman–Crippen MR) is 135 cm³/mol. The summed E-state index contributed by atoms with van der Waals surface area (Å²) in [6.45, 7) is 1.71. The minimum Gasteiger partial charge on any atom is -0.507 e. The number of aromatic nitrogens is 1. The van der Waals surface area contributed by atoms with Gasteiger partial charge in [0, 0.05) is 22.9 Å². The molecule has 0 radical (unpaired) electrons. The number of carbonyl (C=O) groups is 2. The Morgan fingerprint density at radius 1 is 1.08 bits per heavy atom. The van der Waals surface area contributed by atoms with Crippen molar-refractivity contribution in [2.75, 3.05) is 17.7 Å². The topological polar surface area (TPSA) is 140 Å². The van der Waals surface area contributed by atoms with Gasteiger partial charge in [0.1, 0.15) is 23.2 Å². The smallest absolute Gasteiger partial charge is 0.292 e. The zero-order valence-electron chi connectivity index (χ0n) is 19.9. The zero-order valence-corrected chi connectivity index (χ0v) is 19.9. The van der Waals surface area contributed by atoms with E-state index < -0.39 is 17.8 Å². The summed E-state index contributed by atoms with van der Waals surface area (Å²) in [7, 11) is 1.67. The van der Waals surface area contributed by atoms with Crippen LogP contribution in [0.5, 0.6) is 5.75 Å². The fraction of sp³-hybridized carbons (Fsp3) is 0.111. The third-order valence-corrected chi connectivity index (χ3v) is 5.61. The van der Waals surface area contributed by atoms with E-state index in [1.165, 1.54) is 18.4 Å². The third-order valence-electron chi connectivity index (χ3n) is 5.61. The summed E-state index contributed by atoms with van der Waals surface area (Å²) in [5.41, 5.74) is 1.79. The molecule has 1 unspecified atom stereocenters. The Balaban J connectivity index is 1.86. The van der Waals surface area contributed by atoms with Crippen molar-refractivity contribution in [2.24, 2.45) is 0 Å². The van der Waals surface area contributed by atoms with Gasteiger partial charge in [0.2, 0.25) is 5.91 Å². The van der Waals surface area contributed by atoms with Gasteiger partial charge in [0.15, 0.2) is 11.6 Å². The minimum atomic E-state index is -0.638. The average molecular weight is 500 g/mol. The van der Waals surface area contributed by atoms with E-state index in [0.717, 1.165) is 12.1 Å². The Kier molecular flexibility index (Phi) is 7.27. The zero-order chi connectivity index (χ0) is 26.5. The molecule has 0 saturated heterocycles. The number of anilines is 2. The van der Waals surface area contributed by atoms with Gasteiger partial charge in [-0.25, -0.2) is 9.37 Å². The summed E-state index contributed by atoms with van der Waals surface area (Å²) in [6.07, 6.45) is 1.33. The largest absolute Gasteiger partial charge is 0.507 e. The second-order valence-electron chi connectivity index (χ2n) is 8.06. The van der Waals surface area contributed by atoms with Crippen LogP contribution >= 0.6 is 0 Å². The van der Waals surface area contributed by atoms with Crippen LogP contribution in [0.15, 0.2) is 71.3 Å². The number of phenolic OH excluding ortho intramolecular Hbond substituents is 1. The van der Waals surface area contributed by atoms with Crippen molar-refractivity contribution in [3.05, 3.63) is 84.1 Å². The van der Waals surface area contributed by atoms with Gasteiger partial charge in [-0.15, -0.1) is 0 Å². The van der Waals surface area contributed by atoms with Gasteiger partial charge in [-0.3, -0.25) is 9.59 Å². The molecule has 186 valence electrons. The molecular formula is C27H22FN5O4. The van der Waals surface area contributed by atoms with E-state index in [1.807, 2.05) is 0 Å². The van der Waals surface area contributed by atoms with Crippen LogP contribution in [0.3, 0.4) is 0 Å². The first-order valence-electron chi connectivity index (χ1n) is 11.2. The van der Waals surface area contributed by atoms with Gasteiger partial charge < -0.3 is 25.5 Å². The highest BCUT2D eigenvalue weighted by Gasteiger charge is 2.21. The molecule has 2 amide bonds. The van der Waals surface area contributed by atoms with E-state index in [4.69, 9.17) is 4.42 Å². The fourth-order valence-corrected chi connectivity index (χ4v) is 3.56. The van der Waals surface area contributed by atoms with E-state index in [0.29, 0.717) is 16.8 Å². The SMILES string of the molecule is CNC(C)C(=O)Nc1cccc(-c2cc(-c3ccc(F)cc3O)nc(NC(=O)c3ccco3)c2C#N)c1. The highest BCUT2D eigenvalue weighted by Crippen LogP contribution is 2.36. The molecule has 0 aliphatic rings. The van der Waals surface area contributed by atoms with Crippen LogP contribution in [0, 0.1) is 17.1 Å². The summed E-state index contributed by atoms with van der Waals surface area (Å²) in [4.78, 5) is 29.5. The van der Waals surface area contributed by atoms with Crippen molar-refractivity contribution >= 4 is 23.3 Å². The maximum Gasteiger partial charge on any atom is 0.292 e. The molecule has 4 N–H and O–H groups in total. The van der Waals surface area contributed by atoms with E-state index in [-0.39, 0.29) is 40.1 Å². The van der Waals surface area contributed by atoms with E-state index in [1.54, 1.807) is 50.4 Å². The number of pyridine rings is 1. The monoisotopic (exact) mass is 499 g/mol. The van der Waals surface area contributed by atoms with E-state index in [2.05, 4.69) is 27.0 Å². The lowest BCUT2D eigenvalue weighted by Gasteiger charge is -2.15. The highest BCUT2D eigenvalue weighted by molar-refractivity contribution is 6.03. The maximum atomic E-state index is 13.6. The van der Waals surface area contributed by atoms with Crippen molar-refractivity contribution < 1.29 is 23.5 Å². The van der Waals surface area contributed by atoms with Crippen molar-refractivity contribution in [1.29, 1.82) is 5.26 Å². The molecule has 10 heteroatoms. The normalized spacial score (nSPS) is 11.4. The number of benzene rings is 2. The van der Waals surface area contributed by atoms with Crippen LogP contribution in [-0.2, 0) is 4.79 Å². The number of nitrogens with zero attached hydrogens (tertiary/aromatic N) is 2. The average Bonchev–Trinajstić information content (AvgIpc) is 3.43. The molecule has 4 aromatic rings. The van der Waals surface area contributed by atoms with Gasteiger partial charge in [-0.05, 0) is 62.0 Å². The number of nitriles is 1. The van der Waals surface area contributed by atoms with Gasteiger partial charge in [-0.2, -0.15) is 5.26 Å².